The molecule has 0 bridgehead atoms. The summed E-state index contributed by atoms with van der Waals surface area (Å²) in [6, 6.07) is 10.7. The molecule has 4 amide bonds. The van der Waals surface area contributed by atoms with E-state index in [1.54, 1.807) is 27.0 Å². The van der Waals surface area contributed by atoms with Crippen molar-refractivity contribution in [1.29, 1.82) is 0 Å². The number of hydrogen-bond acceptors (Lipinski definition) is 7. The Morgan fingerprint density at radius 1 is 1.04 bits per heavy atom. The van der Waals surface area contributed by atoms with E-state index in [1.807, 2.05) is 71.9 Å². The van der Waals surface area contributed by atoms with Crippen LogP contribution in [0.15, 0.2) is 48.7 Å². The van der Waals surface area contributed by atoms with Crippen LogP contribution in [0, 0.1) is 11.7 Å². The Labute approximate surface area is 280 Å². The lowest BCUT2D eigenvalue weighted by Crippen LogP contribution is -2.52. The van der Waals surface area contributed by atoms with Crippen LogP contribution in [0.1, 0.15) is 64.5 Å². The van der Waals surface area contributed by atoms with Crippen molar-refractivity contribution in [2.24, 2.45) is 5.92 Å². The lowest BCUT2D eigenvalue weighted by molar-refractivity contribution is -0.135. The average molecular weight is 661 g/mol. The predicted molar refractivity (Wildman–Crippen MR) is 176 cm³/mol. The van der Waals surface area contributed by atoms with Gasteiger partial charge in [0.05, 0.1) is 43.8 Å². The van der Waals surface area contributed by atoms with E-state index in [4.69, 9.17) is 19.0 Å². The van der Waals surface area contributed by atoms with Gasteiger partial charge in [-0.2, -0.15) is 0 Å². The normalized spacial score (nSPS) is 20.3. The van der Waals surface area contributed by atoms with E-state index < -0.39 is 36.5 Å². The number of H-pyrrole nitrogens is 1. The smallest absolute Gasteiger partial charge is 0.453 e. The van der Waals surface area contributed by atoms with Gasteiger partial charge in [0, 0.05) is 23.9 Å². The molecule has 1 aromatic heterocycles. The number of hydrogen-bond donors (Lipinski definition) is 2. The van der Waals surface area contributed by atoms with Crippen molar-refractivity contribution in [3.63, 3.8) is 0 Å². The first kappa shape index (κ1) is 33.5. The molecule has 0 aliphatic carbocycles. The second-order valence-corrected chi connectivity index (χ2v) is 13.9. The van der Waals surface area contributed by atoms with Crippen molar-refractivity contribution >= 4 is 30.6 Å². The standard InChI is InChI=1S/C34H42BFN6O6/c1-20(2)28(39-31(44)46-7)30(43)42-19-41(32(45)40-16-22-9-8-10-25(36)24(22)17-40)18-27(42)29-37-15-26(38-29)21-11-13-23(14-12-21)35-47-33(3,4)34(5,6)48-35/h8-15,20,27-28H,16-19H2,1-7H3,(H,37,38)(H,39,44)/t27-,28-/m0/s1. The number of nitrogens with zero attached hydrogens (tertiary/aromatic N) is 4. The Balaban J connectivity index is 1.24. The minimum atomic E-state index is -0.905. The van der Waals surface area contributed by atoms with Gasteiger partial charge in [0.15, 0.2) is 0 Å². The molecular formula is C34H42BFN6O6. The van der Waals surface area contributed by atoms with Crippen LogP contribution in [0.4, 0.5) is 14.0 Å². The Hall–Kier alpha value is -4.43. The number of carbonyl (C=O) groups is 3. The van der Waals surface area contributed by atoms with Crippen molar-refractivity contribution < 1.29 is 32.8 Å². The maximum absolute atomic E-state index is 14.5. The number of carbonyl (C=O) groups excluding carboxylic acids is 3. The highest BCUT2D eigenvalue weighted by atomic mass is 19.1. The van der Waals surface area contributed by atoms with E-state index in [1.165, 1.54) is 13.2 Å². The van der Waals surface area contributed by atoms with Gasteiger partial charge < -0.3 is 39.0 Å². The first-order valence-electron chi connectivity index (χ1n) is 16.2. The third-order valence-electron chi connectivity index (χ3n) is 9.88. The molecule has 0 unspecified atom stereocenters. The number of aromatic nitrogens is 2. The Bertz CT molecular complexity index is 1700. The summed E-state index contributed by atoms with van der Waals surface area (Å²) in [5.74, 6) is -0.511. The van der Waals surface area contributed by atoms with Crippen LogP contribution in [0.25, 0.3) is 11.3 Å². The zero-order chi connectivity index (χ0) is 34.5. The number of imidazole rings is 1. The van der Waals surface area contributed by atoms with Gasteiger partial charge in [0.25, 0.3) is 0 Å². The van der Waals surface area contributed by atoms with Crippen molar-refractivity contribution in [1.82, 2.24) is 30.0 Å². The molecule has 0 spiro atoms. The molecule has 2 fully saturated rings. The van der Waals surface area contributed by atoms with Crippen molar-refractivity contribution in [2.75, 3.05) is 20.3 Å². The number of aromatic amines is 1. The number of nitrogens with one attached hydrogen (secondary N) is 2. The Kier molecular flexibility index (Phi) is 8.75. The van der Waals surface area contributed by atoms with Gasteiger partial charge in [-0.3, -0.25) is 4.79 Å². The summed E-state index contributed by atoms with van der Waals surface area (Å²) in [5, 5.41) is 2.64. The Morgan fingerprint density at radius 3 is 2.35 bits per heavy atom. The minimum Gasteiger partial charge on any atom is -0.453 e. The maximum atomic E-state index is 14.5. The van der Waals surface area contributed by atoms with Gasteiger partial charge >= 0.3 is 19.2 Å². The number of halogens is 1. The fraction of sp³-hybridized carbons (Fsp3) is 0.471. The minimum absolute atomic E-state index is 0.0391. The first-order chi connectivity index (χ1) is 22.7. The molecule has 0 saturated carbocycles. The number of ether oxygens (including phenoxy) is 1. The molecule has 14 heteroatoms. The zero-order valence-electron chi connectivity index (χ0n) is 28.4. The molecule has 0 radical (unpaired) electrons. The molecule has 3 aliphatic heterocycles. The summed E-state index contributed by atoms with van der Waals surface area (Å²) in [6.45, 7) is 12.2. The van der Waals surface area contributed by atoms with Gasteiger partial charge in [-0.15, -0.1) is 0 Å². The number of benzene rings is 2. The second kappa shape index (κ2) is 12.6. The fourth-order valence-electron chi connectivity index (χ4n) is 6.28. The molecule has 2 N–H and O–H groups in total. The molecule has 4 heterocycles. The highest BCUT2D eigenvalue weighted by Crippen LogP contribution is 2.37. The van der Waals surface area contributed by atoms with Gasteiger partial charge in [-0.1, -0.05) is 50.2 Å². The van der Waals surface area contributed by atoms with E-state index in [0.717, 1.165) is 16.6 Å². The lowest BCUT2D eigenvalue weighted by Gasteiger charge is -2.32. The average Bonchev–Trinajstić information content (AvgIpc) is 3.84. The zero-order valence-corrected chi connectivity index (χ0v) is 28.4. The van der Waals surface area contributed by atoms with Gasteiger partial charge in [-0.25, -0.2) is 19.0 Å². The number of amides is 4. The summed E-state index contributed by atoms with van der Waals surface area (Å²) >= 11 is 0. The van der Waals surface area contributed by atoms with Gasteiger partial charge in [0.2, 0.25) is 5.91 Å². The molecular weight excluding hydrogens is 618 g/mol. The van der Waals surface area contributed by atoms with E-state index >= 15 is 0 Å². The van der Waals surface area contributed by atoms with Crippen LogP contribution in [0.2, 0.25) is 0 Å². The monoisotopic (exact) mass is 660 g/mol. The quantitative estimate of drug-likeness (QED) is 0.380. The SMILES string of the molecule is COC(=O)N[C@H](C(=O)N1CN(C(=O)N2Cc3cccc(F)c3C2)C[C@H]1c1nc(-c2ccc(B3OC(C)(C)C(C)(C)O3)cc2)c[nH]1)C(C)C. The molecule has 2 aromatic carbocycles. The number of alkyl carbamates (subject to hydrolysis) is 1. The van der Waals surface area contributed by atoms with Crippen LogP contribution >= 0.6 is 0 Å². The predicted octanol–water partition coefficient (Wildman–Crippen LogP) is 4.17. The lowest BCUT2D eigenvalue weighted by atomic mass is 9.79. The van der Waals surface area contributed by atoms with Crippen molar-refractivity contribution in [2.45, 2.75) is 77.9 Å². The van der Waals surface area contributed by atoms with Crippen molar-refractivity contribution in [3.05, 3.63) is 71.4 Å². The fourth-order valence-corrected chi connectivity index (χ4v) is 6.28. The third kappa shape index (κ3) is 6.14. The summed E-state index contributed by atoms with van der Waals surface area (Å²) in [7, 11) is 0.743. The van der Waals surface area contributed by atoms with Gasteiger partial charge in [0.1, 0.15) is 23.7 Å². The topological polar surface area (TPSA) is 129 Å². The molecule has 2 atom stereocenters. The summed E-state index contributed by atoms with van der Waals surface area (Å²) < 4.78 is 31.6. The molecule has 6 rings (SSSR count). The highest BCUT2D eigenvalue weighted by Gasteiger charge is 2.51. The molecule has 2 saturated heterocycles. The maximum Gasteiger partial charge on any atom is 0.494 e. The molecule has 254 valence electrons. The van der Waals surface area contributed by atoms with Crippen LogP contribution in [-0.2, 0) is 31.9 Å². The van der Waals surface area contributed by atoms with Crippen molar-refractivity contribution in [3.8, 4) is 11.3 Å². The second-order valence-electron chi connectivity index (χ2n) is 13.9. The molecule has 3 aromatic rings. The van der Waals surface area contributed by atoms with E-state index in [9.17, 15) is 18.8 Å². The largest absolute Gasteiger partial charge is 0.494 e. The third-order valence-corrected chi connectivity index (χ3v) is 9.88. The summed E-state index contributed by atoms with van der Waals surface area (Å²) in [5.41, 5.74) is 2.72. The van der Waals surface area contributed by atoms with Crippen LogP contribution < -0.4 is 10.8 Å². The van der Waals surface area contributed by atoms with E-state index in [-0.39, 0.29) is 50.0 Å². The van der Waals surface area contributed by atoms with Crippen LogP contribution in [-0.4, -0.2) is 87.4 Å². The van der Waals surface area contributed by atoms with Crippen LogP contribution in [0.3, 0.4) is 0 Å². The summed E-state index contributed by atoms with van der Waals surface area (Å²) in [4.78, 5) is 52.8. The molecule has 12 nitrogen and oxygen atoms in total. The van der Waals surface area contributed by atoms with Gasteiger partial charge in [-0.05, 0) is 50.7 Å². The Morgan fingerprint density at radius 2 is 1.73 bits per heavy atom. The number of fused-ring (bicyclic) bond motifs is 1. The molecule has 48 heavy (non-hydrogen) atoms. The van der Waals surface area contributed by atoms with E-state index in [2.05, 4.69) is 10.3 Å². The highest BCUT2D eigenvalue weighted by molar-refractivity contribution is 6.62. The number of urea groups is 1. The number of methoxy groups -OCH3 is 1. The summed E-state index contributed by atoms with van der Waals surface area (Å²) in [6.07, 6.45) is 1.03. The van der Waals surface area contributed by atoms with Crippen LogP contribution in [0.5, 0.6) is 0 Å². The van der Waals surface area contributed by atoms with E-state index in [0.29, 0.717) is 17.1 Å². The number of rotatable bonds is 6. The first-order valence-corrected chi connectivity index (χ1v) is 16.2. The molecule has 3 aliphatic rings.